The minimum Gasteiger partial charge on any atom is -0.396 e. The van der Waals surface area contributed by atoms with Gasteiger partial charge >= 0.3 is 0 Å². The molecule has 0 saturated heterocycles. The molecular formula is C13H27NO2. The van der Waals surface area contributed by atoms with Gasteiger partial charge in [-0.25, -0.2) is 0 Å². The van der Waals surface area contributed by atoms with Gasteiger partial charge in [-0.05, 0) is 19.3 Å². The minimum atomic E-state index is -0.000486. The largest absolute Gasteiger partial charge is 0.396 e. The van der Waals surface area contributed by atoms with Crippen LogP contribution in [-0.2, 0) is 0 Å². The summed E-state index contributed by atoms with van der Waals surface area (Å²) in [5, 5.41) is 18.6. The van der Waals surface area contributed by atoms with Crippen LogP contribution in [0.25, 0.3) is 0 Å². The van der Waals surface area contributed by atoms with Gasteiger partial charge in [0.25, 0.3) is 0 Å². The van der Waals surface area contributed by atoms with Gasteiger partial charge in [0.2, 0.25) is 0 Å². The standard InChI is InChI=1S/C13H27NO2/c1-3-7-13(2,11-16)10-14(8-9-15)12-5-4-6-12/h12,15-16H,3-11H2,1-2H3. The first kappa shape index (κ1) is 13.9. The molecule has 1 aliphatic carbocycles. The molecule has 3 heteroatoms. The summed E-state index contributed by atoms with van der Waals surface area (Å²) < 4.78 is 0. The summed E-state index contributed by atoms with van der Waals surface area (Å²) in [7, 11) is 0. The molecule has 0 aromatic heterocycles. The second-order valence-corrected chi connectivity index (χ2v) is 5.50. The lowest BCUT2D eigenvalue weighted by Crippen LogP contribution is -2.48. The molecule has 16 heavy (non-hydrogen) atoms. The molecular weight excluding hydrogens is 202 g/mol. The first-order valence-corrected chi connectivity index (χ1v) is 6.61. The van der Waals surface area contributed by atoms with Crippen LogP contribution in [0.1, 0.15) is 46.0 Å². The van der Waals surface area contributed by atoms with E-state index in [-0.39, 0.29) is 18.6 Å². The van der Waals surface area contributed by atoms with Crippen molar-refractivity contribution in [3.63, 3.8) is 0 Å². The number of rotatable bonds is 8. The normalized spacial score (nSPS) is 20.8. The minimum absolute atomic E-state index is 0.000486. The Hall–Kier alpha value is -0.120. The highest BCUT2D eigenvalue weighted by molar-refractivity contribution is 4.85. The Labute approximate surface area is 99.5 Å². The molecule has 0 aromatic rings. The molecule has 0 amide bonds. The van der Waals surface area contributed by atoms with Gasteiger partial charge in [-0.1, -0.05) is 26.7 Å². The van der Waals surface area contributed by atoms with Crippen LogP contribution in [0.4, 0.5) is 0 Å². The Morgan fingerprint density at radius 3 is 2.38 bits per heavy atom. The summed E-state index contributed by atoms with van der Waals surface area (Å²) in [4.78, 5) is 2.37. The molecule has 1 fully saturated rings. The Morgan fingerprint density at radius 2 is 2.00 bits per heavy atom. The van der Waals surface area contributed by atoms with E-state index in [1.54, 1.807) is 0 Å². The molecule has 0 aliphatic heterocycles. The predicted octanol–water partition coefficient (Wildman–Crippen LogP) is 1.63. The molecule has 3 nitrogen and oxygen atoms in total. The van der Waals surface area contributed by atoms with Crippen molar-refractivity contribution in [3.05, 3.63) is 0 Å². The van der Waals surface area contributed by atoms with E-state index in [2.05, 4.69) is 18.7 Å². The van der Waals surface area contributed by atoms with Crippen LogP contribution in [-0.4, -0.2) is 47.5 Å². The highest BCUT2D eigenvalue weighted by Gasteiger charge is 2.31. The van der Waals surface area contributed by atoms with Crippen molar-refractivity contribution in [3.8, 4) is 0 Å². The molecule has 2 N–H and O–H groups in total. The first-order valence-electron chi connectivity index (χ1n) is 6.61. The van der Waals surface area contributed by atoms with Crippen LogP contribution in [0.3, 0.4) is 0 Å². The second-order valence-electron chi connectivity index (χ2n) is 5.50. The quantitative estimate of drug-likeness (QED) is 0.665. The van der Waals surface area contributed by atoms with E-state index < -0.39 is 0 Å². The number of aliphatic hydroxyl groups excluding tert-OH is 2. The number of nitrogens with zero attached hydrogens (tertiary/aromatic N) is 1. The fourth-order valence-corrected chi connectivity index (χ4v) is 2.57. The predicted molar refractivity (Wildman–Crippen MR) is 66.4 cm³/mol. The summed E-state index contributed by atoms with van der Waals surface area (Å²) in [5.74, 6) is 0. The SMILES string of the molecule is CCCC(C)(CO)CN(CCO)C1CCC1. The van der Waals surface area contributed by atoms with E-state index in [0.717, 1.165) is 25.9 Å². The summed E-state index contributed by atoms with van der Waals surface area (Å²) in [6.07, 6.45) is 5.99. The van der Waals surface area contributed by atoms with Gasteiger partial charge in [0.15, 0.2) is 0 Å². The van der Waals surface area contributed by atoms with E-state index in [1.807, 2.05) is 0 Å². The van der Waals surface area contributed by atoms with Gasteiger partial charge in [0.1, 0.15) is 0 Å². The van der Waals surface area contributed by atoms with Gasteiger partial charge in [-0.2, -0.15) is 0 Å². The van der Waals surface area contributed by atoms with Crippen molar-refractivity contribution in [1.29, 1.82) is 0 Å². The van der Waals surface area contributed by atoms with Crippen molar-refractivity contribution in [2.75, 3.05) is 26.3 Å². The van der Waals surface area contributed by atoms with Crippen LogP contribution in [0.15, 0.2) is 0 Å². The zero-order valence-electron chi connectivity index (χ0n) is 10.8. The molecule has 1 saturated carbocycles. The second kappa shape index (κ2) is 6.58. The first-order chi connectivity index (χ1) is 7.65. The molecule has 0 spiro atoms. The molecule has 1 aliphatic rings. The zero-order chi connectivity index (χ0) is 12.0. The molecule has 96 valence electrons. The monoisotopic (exact) mass is 229 g/mol. The smallest absolute Gasteiger partial charge is 0.0558 e. The zero-order valence-corrected chi connectivity index (χ0v) is 10.8. The topological polar surface area (TPSA) is 43.7 Å². The van der Waals surface area contributed by atoms with Gasteiger partial charge in [0, 0.05) is 31.2 Å². The molecule has 0 aromatic carbocycles. The Balaban J connectivity index is 2.50. The maximum Gasteiger partial charge on any atom is 0.0558 e. The maximum absolute atomic E-state index is 9.52. The molecule has 1 rings (SSSR count). The Kier molecular flexibility index (Phi) is 5.73. The summed E-state index contributed by atoms with van der Waals surface area (Å²) >= 11 is 0. The van der Waals surface area contributed by atoms with E-state index in [9.17, 15) is 5.11 Å². The van der Waals surface area contributed by atoms with Crippen LogP contribution < -0.4 is 0 Å². The summed E-state index contributed by atoms with van der Waals surface area (Å²) in [5.41, 5.74) is -0.000486. The van der Waals surface area contributed by atoms with Crippen LogP contribution in [0, 0.1) is 5.41 Å². The van der Waals surface area contributed by atoms with Crippen molar-refractivity contribution >= 4 is 0 Å². The lowest BCUT2D eigenvalue weighted by molar-refractivity contribution is 0.0272. The molecule has 1 unspecified atom stereocenters. The van der Waals surface area contributed by atoms with E-state index in [1.165, 1.54) is 19.3 Å². The maximum atomic E-state index is 9.52. The Morgan fingerprint density at radius 1 is 1.31 bits per heavy atom. The van der Waals surface area contributed by atoms with Crippen molar-refractivity contribution in [2.45, 2.75) is 52.0 Å². The molecule has 0 heterocycles. The summed E-state index contributed by atoms with van der Waals surface area (Å²) in [6.45, 7) is 6.46. The highest BCUT2D eigenvalue weighted by atomic mass is 16.3. The van der Waals surface area contributed by atoms with Gasteiger partial charge in [-0.15, -0.1) is 0 Å². The van der Waals surface area contributed by atoms with Crippen LogP contribution >= 0.6 is 0 Å². The lowest BCUT2D eigenvalue weighted by Gasteiger charge is -2.42. The third-order valence-corrected chi connectivity index (χ3v) is 3.80. The fourth-order valence-electron chi connectivity index (χ4n) is 2.57. The van der Waals surface area contributed by atoms with Gasteiger partial charge in [0.05, 0.1) is 6.61 Å². The lowest BCUT2D eigenvalue weighted by atomic mass is 9.83. The molecule has 1 atom stereocenters. The number of hydrogen-bond acceptors (Lipinski definition) is 3. The van der Waals surface area contributed by atoms with Gasteiger partial charge in [-0.3, -0.25) is 4.90 Å². The third-order valence-electron chi connectivity index (χ3n) is 3.80. The van der Waals surface area contributed by atoms with E-state index in [0.29, 0.717) is 6.04 Å². The molecule has 0 radical (unpaired) electrons. The van der Waals surface area contributed by atoms with Crippen molar-refractivity contribution in [1.82, 2.24) is 4.90 Å². The average Bonchev–Trinajstić information content (AvgIpc) is 2.16. The Bertz CT molecular complexity index is 194. The van der Waals surface area contributed by atoms with E-state index >= 15 is 0 Å². The van der Waals surface area contributed by atoms with E-state index in [4.69, 9.17) is 5.11 Å². The number of aliphatic hydroxyl groups is 2. The van der Waals surface area contributed by atoms with Crippen LogP contribution in [0.2, 0.25) is 0 Å². The van der Waals surface area contributed by atoms with Crippen molar-refractivity contribution in [2.24, 2.45) is 5.41 Å². The average molecular weight is 229 g/mol. The van der Waals surface area contributed by atoms with Crippen molar-refractivity contribution < 1.29 is 10.2 Å². The van der Waals surface area contributed by atoms with Crippen LogP contribution in [0.5, 0.6) is 0 Å². The highest BCUT2D eigenvalue weighted by Crippen LogP contribution is 2.30. The summed E-state index contributed by atoms with van der Waals surface area (Å²) in [6, 6.07) is 0.648. The number of hydrogen-bond donors (Lipinski definition) is 2. The van der Waals surface area contributed by atoms with Gasteiger partial charge < -0.3 is 10.2 Å². The molecule has 0 bridgehead atoms. The fraction of sp³-hybridized carbons (Fsp3) is 1.00. The third kappa shape index (κ3) is 3.72.